The summed E-state index contributed by atoms with van der Waals surface area (Å²) >= 11 is 1.87. The second kappa shape index (κ2) is 8.60. The van der Waals surface area contributed by atoms with Crippen LogP contribution in [0.4, 0.5) is 0 Å². The molecule has 1 saturated heterocycles. The van der Waals surface area contributed by atoms with Gasteiger partial charge in [0, 0.05) is 31.5 Å². The number of amides is 2. The molecule has 1 aliphatic heterocycles. The molecule has 1 aromatic heterocycles. The highest BCUT2D eigenvalue weighted by Gasteiger charge is 2.36. The van der Waals surface area contributed by atoms with Gasteiger partial charge in [0.2, 0.25) is 5.91 Å². The fourth-order valence-corrected chi connectivity index (χ4v) is 4.03. The average Bonchev–Trinajstić information content (AvgIpc) is 2.94. The Labute approximate surface area is 148 Å². The van der Waals surface area contributed by atoms with Crippen molar-refractivity contribution in [1.29, 1.82) is 0 Å². The lowest BCUT2D eigenvalue weighted by atomic mass is 10.1. The first kappa shape index (κ1) is 18.9. The number of nitrogens with zero attached hydrogens (tertiary/aromatic N) is 2. The first-order chi connectivity index (χ1) is 11.5. The van der Waals surface area contributed by atoms with Crippen molar-refractivity contribution in [3.8, 4) is 0 Å². The Morgan fingerprint density at radius 1 is 1.38 bits per heavy atom. The minimum atomic E-state index is -0.385. The fourth-order valence-electron chi connectivity index (χ4n) is 2.89. The number of rotatable bonds is 7. The molecule has 134 valence electrons. The molecule has 0 bridgehead atoms. The molecule has 0 aliphatic carbocycles. The maximum absolute atomic E-state index is 12.8. The van der Waals surface area contributed by atoms with Gasteiger partial charge in [-0.3, -0.25) is 9.59 Å². The van der Waals surface area contributed by atoms with Gasteiger partial charge in [0.25, 0.3) is 5.91 Å². The second-order valence-corrected chi connectivity index (χ2v) is 7.39. The van der Waals surface area contributed by atoms with Gasteiger partial charge in [0.1, 0.15) is 11.8 Å². The summed E-state index contributed by atoms with van der Waals surface area (Å²) in [4.78, 5) is 28.5. The first-order valence-corrected chi connectivity index (χ1v) is 9.88. The zero-order valence-corrected chi connectivity index (χ0v) is 15.9. The van der Waals surface area contributed by atoms with E-state index in [0.29, 0.717) is 25.3 Å². The molecule has 0 radical (unpaired) electrons. The molecule has 0 spiro atoms. The van der Waals surface area contributed by atoms with Crippen LogP contribution >= 0.6 is 11.8 Å². The number of unbranched alkanes of at least 4 members (excludes halogenated alkanes) is 1. The predicted molar refractivity (Wildman–Crippen MR) is 97.3 cm³/mol. The van der Waals surface area contributed by atoms with Crippen molar-refractivity contribution >= 4 is 23.6 Å². The number of piperazine rings is 1. The SMILES string of the molecule is CCCCSCc1cc(C(=O)N2CCN(C)C(=O)C2CC)oc1C. The highest BCUT2D eigenvalue weighted by Crippen LogP contribution is 2.24. The fraction of sp³-hybridized carbons (Fsp3) is 0.667. The molecule has 2 amide bonds. The largest absolute Gasteiger partial charge is 0.456 e. The molecule has 24 heavy (non-hydrogen) atoms. The smallest absolute Gasteiger partial charge is 0.290 e. The van der Waals surface area contributed by atoms with Gasteiger partial charge in [-0.1, -0.05) is 20.3 Å². The van der Waals surface area contributed by atoms with Crippen molar-refractivity contribution in [3.05, 3.63) is 23.2 Å². The Kier molecular flexibility index (Phi) is 6.78. The summed E-state index contributed by atoms with van der Waals surface area (Å²) in [5.74, 6) is 2.98. The third-order valence-corrected chi connectivity index (χ3v) is 5.59. The van der Waals surface area contributed by atoms with Crippen LogP contribution in [-0.4, -0.2) is 53.5 Å². The van der Waals surface area contributed by atoms with Gasteiger partial charge < -0.3 is 14.2 Å². The molecule has 6 heteroatoms. The topological polar surface area (TPSA) is 53.8 Å². The van der Waals surface area contributed by atoms with Crippen LogP contribution in [0.15, 0.2) is 10.5 Å². The van der Waals surface area contributed by atoms with Crippen molar-refractivity contribution in [2.75, 3.05) is 25.9 Å². The summed E-state index contributed by atoms with van der Waals surface area (Å²) in [6.07, 6.45) is 3.01. The van der Waals surface area contributed by atoms with E-state index in [4.69, 9.17) is 4.42 Å². The highest BCUT2D eigenvalue weighted by atomic mass is 32.2. The first-order valence-electron chi connectivity index (χ1n) is 8.72. The van der Waals surface area contributed by atoms with E-state index < -0.39 is 0 Å². The number of likely N-dealkylation sites (N-methyl/N-ethyl adjacent to an activating group) is 1. The lowest BCUT2D eigenvalue weighted by Crippen LogP contribution is -2.57. The van der Waals surface area contributed by atoms with E-state index in [1.54, 1.807) is 16.8 Å². The minimum Gasteiger partial charge on any atom is -0.456 e. The lowest BCUT2D eigenvalue weighted by Gasteiger charge is -2.38. The van der Waals surface area contributed by atoms with E-state index in [1.807, 2.05) is 31.7 Å². The van der Waals surface area contributed by atoms with E-state index in [1.165, 1.54) is 12.8 Å². The zero-order valence-electron chi connectivity index (χ0n) is 15.1. The quantitative estimate of drug-likeness (QED) is 0.707. The van der Waals surface area contributed by atoms with Crippen LogP contribution in [0.5, 0.6) is 0 Å². The van der Waals surface area contributed by atoms with Crippen molar-refractivity contribution < 1.29 is 14.0 Å². The highest BCUT2D eigenvalue weighted by molar-refractivity contribution is 7.98. The Morgan fingerprint density at radius 3 is 2.79 bits per heavy atom. The Hall–Kier alpha value is -1.43. The molecule has 5 nitrogen and oxygen atoms in total. The molecule has 1 atom stereocenters. The molecule has 1 unspecified atom stereocenters. The van der Waals surface area contributed by atoms with Crippen LogP contribution in [-0.2, 0) is 10.5 Å². The number of hydrogen-bond acceptors (Lipinski definition) is 4. The Bertz CT molecular complexity index is 585. The third kappa shape index (κ3) is 4.15. The molecule has 1 fully saturated rings. The van der Waals surface area contributed by atoms with E-state index >= 15 is 0 Å². The van der Waals surface area contributed by atoms with Crippen LogP contribution in [0, 0.1) is 6.92 Å². The number of furan rings is 1. The maximum atomic E-state index is 12.8. The summed E-state index contributed by atoms with van der Waals surface area (Å²) in [5, 5.41) is 0. The third-order valence-electron chi connectivity index (χ3n) is 4.49. The monoisotopic (exact) mass is 352 g/mol. The molecular weight excluding hydrogens is 324 g/mol. The van der Waals surface area contributed by atoms with Crippen LogP contribution in [0.1, 0.15) is 55.0 Å². The summed E-state index contributed by atoms with van der Waals surface area (Å²) in [7, 11) is 1.79. The standard InChI is InChI=1S/C18H28N2O3S/c1-5-7-10-24-12-14-11-16(23-13(14)3)18(22)20-9-8-19(4)17(21)15(20)6-2/h11,15H,5-10,12H2,1-4H3. The molecular formula is C18H28N2O3S. The molecule has 2 rings (SSSR count). The average molecular weight is 353 g/mol. The van der Waals surface area contributed by atoms with Crippen molar-refractivity contribution in [2.45, 2.75) is 51.8 Å². The van der Waals surface area contributed by atoms with E-state index in [0.717, 1.165) is 22.8 Å². The van der Waals surface area contributed by atoms with Gasteiger partial charge >= 0.3 is 0 Å². The van der Waals surface area contributed by atoms with Gasteiger partial charge in [0.05, 0.1) is 0 Å². The summed E-state index contributed by atoms with van der Waals surface area (Å²) in [6.45, 7) is 7.15. The van der Waals surface area contributed by atoms with Gasteiger partial charge in [-0.25, -0.2) is 0 Å². The maximum Gasteiger partial charge on any atom is 0.290 e. The Morgan fingerprint density at radius 2 is 2.12 bits per heavy atom. The van der Waals surface area contributed by atoms with E-state index in [9.17, 15) is 9.59 Å². The van der Waals surface area contributed by atoms with Gasteiger partial charge in [-0.05, 0) is 31.6 Å². The van der Waals surface area contributed by atoms with Gasteiger partial charge in [-0.15, -0.1) is 0 Å². The number of carbonyl (C=O) groups excluding carboxylic acids is 2. The van der Waals surface area contributed by atoms with Crippen LogP contribution < -0.4 is 0 Å². The van der Waals surface area contributed by atoms with Crippen LogP contribution in [0.25, 0.3) is 0 Å². The summed E-state index contributed by atoms with van der Waals surface area (Å²) < 4.78 is 5.71. The number of aryl methyl sites for hydroxylation is 1. The number of thioether (sulfide) groups is 1. The normalized spacial score (nSPS) is 18.3. The molecule has 0 aromatic carbocycles. The van der Waals surface area contributed by atoms with Gasteiger partial charge in [0.15, 0.2) is 5.76 Å². The van der Waals surface area contributed by atoms with E-state index in [2.05, 4.69) is 6.92 Å². The second-order valence-electron chi connectivity index (χ2n) is 6.28. The minimum absolute atomic E-state index is 0.00993. The molecule has 0 N–H and O–H groups in total. The summed E-state index contributed by atoms with van der Waals surface area (Å²) in [6, 6.07) is 1.47. The van der Waals surface area contributed by atoms with Crippen molar-refractivity contribution in [3.63, 3.8) is 0 Å². The van der Waals surface area contributed by atoms with E-state index in [-0.39, 0.29) is 17.9 Å². The summed E-state index contributed by atoms with van der Waals surface area (Å²) in [5.41, 5.74) is 1.08. The van der Waals surface area contributed by atoms with Gasteiger partial charge in [-0.2, -0.15) is 11.8 Å². The van der Waals surface area contributed by atoms with Crippen LogP contribution in [0.3, 0.4) is 0 Å². The zero-order chi connectivity index (χ0) is 17.7. The van der Waals surface area contributed by atoms with Crippen molar-refractivity contribution in [1.82, 2.24) is 9.80 Å². The van der Waals surface area contributed by atoms with Crippen LogP contribution in [0.2, 0.25) is 0 Å². The van der Waals surface area contributed by atoms with Crippen molar-refractivity contribution in [2.24, 2.45) is 0 Å². The Balaban J connectivity index is 2.07. The number of carbonyl (C=O) groups is 2. The number of hydrogen-bond donors (Lipinski definition) is 0. The molecule has 0 saturated carbocycles. The predicted octanol–water partition coefficient (Wildman–Crippen LogP) is 3.31. The molecule has 2 heterocycles. The molecule has 1 aliphatic rings. The lowest BCUT2D eigenvalue weighted by molar-refractivity contribution is -0.138. The molecule has 1 aromatic rings.